The summed E-state index contributed by atoms with van der Waals surface area (Å²) in [5, 5.41) is 6.75. The van der Waals surface area contributed by atoms with Crippen molar-refractivity contribution < 1.29 is 50.2 Å². The summed E-state index contributed by atoms with van der Waals surface area (Å²) >= 11 is 0. The lowest BCUT2D eigenvalue weighted by Crippen LogP contribution is -2.72. The summed E-state index contributed by atoms with van der Waals surface area (Å²) in [7, 11) is 0. The number of fused-ring (bicyclic) bond motifs is 2. The minimum atomic E-state index is -4.97. The first-order valence-corrected chi connectivity index (χ1v) is 16.4. The van der Waals surface area contributed by atoms with Crippen molar-refractivity contribution in [1.82, 2.24) is 29.8 Å². The predicted molar refractivity (Wildman–Crippen MR) is 164 cm³/mol. The molecule has 4 amide bonds. The smallest absolute Gasteiger partial charge is 0.378 e. The number of nitrogens with one attached hydrogen (secondary N) is 1. The van der Waals surface area contributed by atoms with Crippen molar-refractivity contribution in [2.45, 2.75) is 61.2 Å². The number of aromatic nitrogens is 2. The number of imide groups is 1. The molecule has 0 unspecified atom stereocenters. The average Bonchev–Trinajstić information content (AvgIpc) is 3.65. The molecule has 0 bridgehead atoms. The third-order valence-corrected chi connectivity index (χ3v) is 10.8. The number of urea groups is 1. The molecule has 17 heteroatoms. The van der Waals surface area contributed by atoms with Gasteiger partial charge in [-0.1, -0.05) is 24.3 Å². The van der Waals surface area contributed by atoms with E-state index in [0.29, 0.717) is 52.8 Å². The molecule has 1 N–H and O–H groups in total. The minimum Gasteiger partial charge on any atom is -0.378 e. The van der Waals surface area contributed by atoms with E-state index in [2.05, 4.69) is 15.3 Å². The highest BCUT2D eigenvalue weighted by Gasteiger charge is 2.67. The maximum atomic E-state index is 15.7. The summed E-state index contributed by atoms with van der Waals surface area (Å²) < 4.78 is 100. The Hall–Kier alpha value is -4.48. The molecule has 1 aromatic heterocycles. The van der Waals surface area contributed by atoms with Crippen molar-refractivity contribution in [2.24, 2.45) is 0 Å². The third kappa shape index (κ3) is 5.39. The molecule has 1 spiro atoms. The van der Waals surface area contributed by atoms with Gasteiger partial charge >= 0.3 is 12.2 Å². The Bertz CT molecular complexity index is 1890. The first-order chi connectivity index (χ1) is 24.2. The molecule has 51 heavy (non-hydrogen) atoms. The summed E-state index contributed by atoms with van der Waals surface area (Å²) in [6, 6.07) is 8.02. The van der Waals surface area contributed by atoms with Crippen molar-refractivity contribution in [2.75, 3.05) is 39.5 Å². The largest absolute Gasteiger partial charge is 0.416 e. The number of likely N-dealkylation sites (tertiary alicyclic amines) is 1. The van der Waals surface area contributed by atoms with Crippen LogP contribution in [0.3, 0.4) is 0 Å². The molecule has 2 aromatic carbocycles. The van der Waals surface area contributed by atoms with Crippen LogP contribution in [-0.2, 0) is 43.6 Å². The fourth-order valence-corrected chi connectivity index (χ4v) is 7.61. The van der Waals surface area contributed by atoms with Gasteiger partial charge in [0.15, 0.2) is 11.1 Å². The fourth-order valence-electron chi connectivity index (χ4n) is 7.61. The molecule has 4 aliphatic heterocycles. The number of hydrogen-bond donors (Lipinski definition) is 1. The predicted octanol–water partition coefficient (Wildman–Crippen LogP) is 3.77. The molecule has 0 saturated carbocycles. The Morgan fingerprint density at radius 2 is 1.76 bits per heavy atom. The van der Waals surface area contributed by atoms with Gasteiger partial charge in [0.1, 0.15) is 12.4 Å². The molecule has 270 valence electrons. The quantitative estimate of drug-likeness (QED) is 0.265. The van der Waals surface area contributed by atoms with E-state index >= 15 is 8.78 Å². The van der Waals surface area contributed by atoms with E-state index in [9.17, 15) is 31.9 Å². The highest BCUT2D eigenvalue weighted by molar-refractivity contribution is 6.10. The second kappa shape index (κ2) is 11.8. The molecular weight excluding hydrogens is 686 g/mol. The lowest BCUT2D eigenvalue weighted by atomic mass is 9.90. The first-order valence-electron chi connectivity index (χ1n) is 16.4. The number of benzene rings is 2. The normalized spacial score (nSPS) is 25.3. The van der Waals surface area contributed by atoms with E-state index in [1.54, 1.807) is 17.1 Å². The summed E-state index contributed by atoms with van der Waals surface area (Å²) in [6.45, 7) is -0.603. The summed E-state index contributed by atoms with van der Waals surface area (Å²) in [5.74, 6) is -6.69. The van der Waals surface area contributed by atoms with E-state index in [1.807, 2.05) is 0 Å². The second-order valence-electron chi connectivity index (χ2n) is 13.8. The summed E-state index contributed by atoms with van der Waals surface area (Å²) in [4.78, 5) is 43.9. The highest BCUT2D eigenvalue weighted by atomic mass is 19.4. The number of halogens is 6. The van der Waals surface area contributed by atoms with Crippen molar-refractivity contribution >= 4 is 17.8 Å². The number of ether oxygens (including phenoxy) is 2. The fraction of sp³-hybridized carbons (Fsp3) is 0.471. The van der Waals surface area contributed by atoms with Gasteiger partial charge in [-0.3, -0.25) is 24.1 Å². The lowest BCUT2D eigenvalue weighted by Gasteiger charge is -2.50. The van der Waals surface area contributed by atoms with Crippen molar-refractivity contribution in [3.8, 4) is 11.1 Å². The number of nitrogens with zero attached hydrogens (tertiary/aromatic N) is 5. The SMILES string of the molecule is O=C1N[C@]2(CC(F)(F)c3cc(-c4cnn(C[C@H]5CCN5C5COC5)c4)ccc32)C(=O)N1CC(=O)N(Cc1ccc(F)cc1)C1(C(F)(F)F)COC1. The first kappa shape index (κ1) is 33.7. The van der Waals surface area contributed by atoms with Crippen molar-refractivity contribution in [3.05, 3.63) is 77.4 Å². The van der Waals surface area contributed by atoms with Crippen LogP contribution in [-0.4, -0.2) is 106 Å². The van der Waals surface area contributed by atoms with Crippen LogP contribution >= 0.6 is 0 Å². The minimum absolute atomic E-state index is 0.147. The zero-order valence-corrected chi connectivity index (χ0v) is 27.0. The van der Waals surface area contributed by atoms with Gasteiger partial charge in [-0.05, 0) is 41.3 Å². The van der Waals surface area contributed by atoms with Crippen LogP contribution < -0.4 is 5.32 Å². The van der Waals surface area contributed by atoms with Gasteiger partial charge in [0.25, 0.3) is 11.8 Å². The van der Waals surface area contributed by atoms with Gasteiger partial charge in [0.2, 0.25) is 5.91 Å². The molecule has 3 aromatic rings. The average molecular weight is 719 g/mol. The van der Waals surface area contributed by atoms with Gasteiger partial charge in [-0.25, -0.2) is 18.0 Å². The number of rotatable bonds is 9. The molecule has 8 rings (SSSR count). The van der Waals surface area contributed by atoms with Crippen LogP contribution in [0, 0.1) is 5.82 Å². The molecule has 0 radical (unpaired) electrons. The van der Waals surface area contributed by atoms with Crippen LogP contribution in [0.4, 0.5) is 31.1 Å². The molecule has 11 nitrogen and oxygen atoms in total. The Morgan fingerprint density at radius 1 is 1.02 bits per heavy atom. The zero-order chi connectivity index (χ0) is 35.9. The third-order valence-electron chi connectivity index (χ3n) is 10.8. The number of carbonyl (C=O) groups is 3. The van der Waals surface area contributed by atoms with E-state index < -0.39 is 85.1 Å². The van der Waals surface area contributed by atoms with Gasteiger partial charge in [-0.15, -0.1) is 0 Å². The molecule has 4 fully saturated rings. The second-order valence-corrected chi connectivity index (χ2v) is 13.8. The topological polar surface area (TPSA) is 109 Å². The Morgan fingerprint density at radius 3 is 2.37 bits per heavy atom. The maximum Gasteiger partial charge on any atom is 0.416 e. The number of alkyl halides is 5. The van der Waals surface area contributed by atoms with Gasteiger partial charge in [0.05, 0.1) is 51.6 Å². The zero-order valence-electron chi connectivity index (χ0n) is 27.0. The number of hydrogen-bond acceptors (Lipinski definition) is 7. The van der Waals surface area contributed by atoms with Gasteiger partial charge < -0.3 is 19.7 Å². The lowest BCUT2D eigenvalue weighted by molar-refractivity contribution is -0.302. The molecule has 2 atom stereocenters. The van der Waals surface area contributed by atoms with Crippen LogP contribution in [0.1, 0.15) is 29.5 Å². The monoisotopic (exact) mass is 718 g/mol. The van der Waals surface area contributed by atoms with Gasteiger partial charge in [0, 0.05) is 36.5 Å². The van der Waals surface area contributed by atoms with Gasteiger partial charge in [-0.2, -0.15) is 18.3 Å². The van der Waals surface area contributed by atoms with Crippen LogP contribution in [0.25, 0.3) is 11.1 Å². The van der Waals surface area contributed by atoms with Crippen molar-refractivity contribution in [1.29, 1.82) is 0 Å². The molecule has 4 saturated heterocycles. The van der Waals surface area contributed by atoms with Crippen LogP contribution in [0.5, 0.6) is 0 Å². The van der Waals surface area contributed by atoms with Crippen LogP contribution in [0.15, 0.2) is 54.9 Å². The van der Waals surface area contributed by atoms with E-state index in [-0.39, 0.29) is 11.1 Å². The highest BCUT2D eigenvalue weighted by Crippen LogP contribution is 2.53. The molecule has 5 aliphatic rings. The maximum absolute atomic E-state index is 15.7. The Kier molecular flexibility index (Phi) is 7.77. The molecule has 1 aliphatic carbocycles. The molecular formula is C34H32F6N6O5. The number of amides is 4. The summed E-state index contributed by atoms with van der Waals surface area (Å²) in [6.07, 6.45) is -1.79. The summed E-state index contributed by atoms with van der Waals surface area (Å²) in [5.41, 5.74) is -4.57. The number of carbonyl (C=O) groups excluding carboxylic acids is 3. The Balaban J connectivity index is 1.03. The van der Waals surface area contributed by atoms with E-state index in [4.69, 9.17) is 9.47 Å². The van der Waals surface area contributed by atoms with Crippen molar-refractivity contribution in [3.63, 3.8) is 0 Å². The Labute approximate surface area is 287 Å². The molecule has 5 heterocycles. The van der Waals surface area contributed by atoms with E-state index in [0.717, 1.165) is 25.1 Å². The van der Waals surface area contributed by atoms with Crippen LogP contribution in [0.2, 0.25) is 0 Å². The standard InChI is InChI=1S/C34H32F6N6O5/c35-23-4-1-20(2-5-23)11-46(31(18-51-19-31)34(38,39)40)28(47)14-45-29(48)32(42-30(45)49)17-33(36,37)27-9-21(3-6-26(27)32)22-10-41-43(12-22)13-24-7-8-44(24)25-15-50-16-25/h1-6,9-10,12,24-25H,7-8,11,13-19H2,(H,42,49)/t24-,32+/m1/s1. The van der Waals surface area contributed by atoms with E-state index in [1.165, 1.54) is 30.3 Å².